The second-order valence-corrected chi connectivity index (χ2v) is 11.0. The molecule has 1 N–H and O–H groups in total. The minimum atomic E-state index is -4.79. The summed E-state index contributed by atoms with van der Waals surface area (Å²) < 4.78 is 67.9. The van der Waals surface area contributed by atoms with E-state index in [1.807, 2.05) is 4.72 Å². The van der Waals surface area contributed by atoms with Crippen molar-refractivity contribution in [2.75, 3.05) is 20.5 Å². The number of benzene rings is 2. The van der Waals surface area contributed by atoms with Gasteiger partial charge in [0.15, 0.2) is 23.3 Å². The molecule has 0 aliphatic heterocycles. The fraction of sp³-hybridized carbons (Fsp3) is 0.158. The molecule has 1 heterocycles. The van der Waals surface area contributed by atoms with Crippen LogP contribution in [0.4, 0.5) is 4.39 Å². The number of para-hydroxylation sites is 1. The standard InChI is InChI=1S/C19H17FN3O7PS2/c1-28-16-5-3-4-14(18(16)29-2)19-22-10-17(32-19)33(26,27)23-11-31(24,25)30-13-7-6-12(9-21)15(20)8-13/h3-8,10,23H,11H2,1-2H3,(H,24,25)/p-1. The van der Waals surface area contributed by atoms with Gasteiger partial charge in [-0.1, -0.05) is 6.07 Å². The van der Waals surface area contributed by atoms with Crippen LogP contribution in [0.3, 0.4) is 0 Å². The SMILES string of the molecule is COc1cccc(-c2ncc(S(=O)(=O)NCP(=O)([O-])Oc3ccc(C#N)c(F)c3)s2)c1OC. The summed E-state index contributed by atoms with van der Waals surface area (Å²) in [6.07, 6.45) is -0.0134. The lowest BCUT2D eigenvalue weighted by Gasteiger charge is -2.24. The molecule has 1 unspecified atom stereocenters. The fourth-order valence-electron chi connectivity index (χ4n) is 2.63. The summed E-state index contributed by atoms with van der Waals surface area (Å²) in [5, 5.41) is 9.02. The van der Waals surface area contributed by atoms with Gasteiger partial charge in [0.1, 0.15) is 22.6 Å². The number of sulfonamides is 1. The molecule has 33 heavy (non-hydrogen) atoms. The van der Waals surface area contributed by atoms with Crippen LogP contribution in [0.25, 0.3) is 10.6 Å². The highest BCUT2D eigenvalue weighted by atomic mass is 32.2. The smallest absolute Gasteiger partial charge is 0.252 e. The van der Waals surface area contributed by atoms with Crippen LogP contribution in [0.15, 0.2) is 46.8 Å². The van der Waals surface area contributed by atoms with Crippen molar-refractivity contribution < 1.29 is 36.3 Å². The van der Waals surface area contributed by atoms with Gasteiger partial charge in [0.05, 0.1) is 37.8 Å². The van der Waals surface area contributed by atoms with Crippen molar-refractivity contribution >= 4 is 29.0 Å². The van der Waals surface area contributed by atoms with E-state index in [-0.39, 0.29) is 9.77 Å². The molecule has 2 aromatic carbocycles. The molecule has 3 rings (SSSR count). The normalized spacial score (nSPS) is 13.1. The van der Waals surface area contributed by atoms with Crippen LogP contribution in [-0.4, -0.2) is 33.9 Å². The number of aromatic nitrogens is 1. The number of methoxy groups -OCH3 is 2. The maximum atomic E-state index is 13.6. The van der Waals surface area contributed by atoms with Crippen LogP contribution in [0.1, 0.15) is 5.56 Å². The monoisotopic (exact) mass is 512 g/mol. The molecule has 3 aromatic rings. The summed E-state index contributed by atoms with van der Waals surface area (Å²) >= 11 is 0.792. The molecule has 0 spiro atoms. The minimum Gasteiger partial charge on any atom is -0.768 e. The summed E-state index contributed by atoms with van der Waals surface area (Å²) in [6, 6.07) is 9.44. The third kappa shape index (κ3) is 5.68. The first-order chi connectivity index (χ1) is 15.6. The minimum absolute atomic E-state index is 0.244. The molecule has 0 saturated heterocycles. The lowest BCUT2D eigenvalue weighted by molar-refractivity contribution is -0.191. The Balaban J connectivity index is 1.76. The summed E-state index contributed by atoms with van der Waals surface area (Å²) in [4.78, 5) is 16.3. The van der Waals surface area contributed by atoms with Gasteiger partial charge in [0, 0.05) is 6.07 Å². The van der Waals surface area contributed by atoms with Crippen molar-refractivity contribution in [3.05, 3.63) is 54.0 Å². The Bertz CT molecular complexity index is 1370. The average molecular weight is 512 g/mol. The number of halogens is 1. The molecule has 174 valence electrons. The van der Waals surface area contributed by atoms with Crippen LogP contribution >= 0.6 is 18.9 Å². The van der Waals surface area contributed by atoms with Gasteiger partial charge in [-0.15, -0.1) is 11.3 Å². The van der Waals surface area contributed by atoms with Crippen molar-refractivity contribution in [1.82, 2.24) is 9.71 Å². The molecule has 1 atom stereocenters. The number of hydrogen-bond acceptors (Lipinski definition) is 10. The van der Waals surface area contributed by atoms with E-state index < -0.39 is 35.5 Å². The third-order valence-corrected chi connectivity index (χ3v) is 8.28. The predicted molar refractivity (Wildman–Crippen MR) is 115 cm³/mol. The van der Waals surface area contributed by atoms with Gasteiger partial charge >= 0.3 is 0 Å². The number of nitrogens with zero attached hydrogens (tertiary/aromatic N) is 2. The van der Waals surface area contributed by atoms with E-state index in [0.717, 1.165) is 29.7 Å². The highest BCUT2D eigenvalue weighted by molar-refractivity contribution is 7.91. The summed E-state index contributed by atoms with van der Waals surface area (Å²) in [5.41, 5.74) is 0.196. The van der Waals surface area contributed by atoms with Gasteiger partial charge in [-0.25, -0.2) is 22.5 Å². The van der Waals surface area contributed by atoms with Crippen molar-refractivity contribution in [2.45, 2.75) is 4.21 Å². The molecule has 0 aliphatic rings. The van der Waals surface area contributed by atoms with Crippen LogP contribution in [0.2, 0.25) is 0 Å². The Morgan fingerprint density at radius 3 is 2.67 bits per heavy atom. The maximum absolute atomic E-state index is 13.6. The number of rotatable bonds is 9. The Labute approximate surface area is 192 Å². The number of nitriles is 1. The Kier molecular flexibility index (Phi) is 7.36. The molecule has 14 heteroatoms. The molecule has 0 saturated carbocycles. The van der Waals surface area contributed by atoms with E-state index in [0.29, 0.717) is 28.1 Å². The molecule has 10 nitrogen and oxygen atoms in total. The Morgan fingerprint density at radius 1 is 1.27 bits per heavy atom. The van der Waals surface area contributed by atoms with Gasteiger partial charge in [-0.3, -0.25) is 4.57 Å². The highest BCUT2D eigenvalue weighted by Crippen LogP contribution is 2.41. The topological polar surface area (TPSA) is 151 Å². The first kappa shape index (κ1) is 24.6. The van der Waals surface area contributed by atoms with Gasteiger partial charge in [-0.05, 0) is 24.3 Å². The predicted octanol–water partition coefficient (Wildman–Crippen LogP) is 2.71. The summed E-state index contributed by atoms with van der Waals surface area (Å²) in [6.45, 7) is 0. The first-order valence-electron chi connectivity index (χ1n) is 8.96. The van der Waals surface area contributed by atoms with Crippen LogP contribution in [-0.2, 0) is 14.6 Å². The van der Waals surface area contributed by atoms with Crippen LogP contribution in [0.5, 0.6) is 17.2 Å². The second kappa shape index (κ2) is 9.86. The van der Waals surface area contributed by atoms with Gasteiger partial charge in [-0.2, -0.15) is 5.26 Å². The molecule has 0 bridgehead atoms. The average Bonchev–Trinajstić information content (AvgIpc) is 3.28. The molecule has 0 aliphatic carbocycles. The van der Waals surface area contributed by atoms with E-state index in [2.05, 4.69) is 4.98 Å². The van der Waals surface area contributed by atoms with Crippen LogP contribution in [0, 0.1) is 17.1 Å². The third-order valence-electron chi connectivity index (χ3n) is 4.14. The molecule has 0 radical (unpaired) electrons. The zero-order chi connectivity index (χ0) is 24.2. The van der Waals surface area contributed by atoms with E-state index in [4.69, 9.17) is 19.3 Å². The number of nitrogens with one attached hydrogen (secondary N) is 1. The molecule has 1 aromatic heterocycles. The quantitative estimate of drug-likeness (QED) is 0.427. The van der Waals surface area contributed by atoms with Crippen molar-refractivity contribution in [1.29, 1.82) is 5.26 Å². The van der Waals surface area contributed by atoms with Gasteiger partial charge < -0.3 is 18.9 Å². The largest absolute Gasteiger partial charge is 0.768 e. The van der Waals surface area contributed by atoms with Crippen molar-refractivity contribution in [2.24, 2.45) is 0 Å². The number of thiazole rings is 1. The molecular weight excluding hydrogens is 496 g/mol. The second-order valence-electron chi connectivity index (χ2n) is 6.29. The zero-order valence-electron chi connectivity index (χ0n) is 17.1. The van der Waals surface area contributed by atoms with Gasteiger partial charge in [0.25, 0.3) is 10.0 Å². The first-order valence-corrected chi connectivity index (χ1v) is 13.0. The van der Waals surface area contributed by atoms with E-state index in [1.54, 1.807) is 24.3 Å². The lowest BCUT2D eigenvalue weighted by atomic mass is 10.2. The highest BCUT2D eigenvalue weighted by Gasteiger charge is 2.23. The Morgan fingerprint density at radius 2 is 2.03 bits per heavy atom. The fourth-order valence-corrected chi connectivity index (χ4v) is 6.30. The number of hydrogen-bond donors (Lipinski definition) is 1. The van der Waals surface area contributed by atoms with Crippen molar-refractivity contribution in [3.8, 4) is 33.9 Å². The summed E-state index contributed by atoms with van der Waals surface area (Å²) in [7, 11) is -6.17. The lowest BCUT2D eigenvalue weighted by Crippen LogP contribution is -2.28. The van der Waals surface area contributed by atoms with E-state index in [9.17, 15) is 22.3 Å². The van der Waals surface area contributed by atoms with E-state index in [1.165, 1.54) is 14.2 Å². The van der Waals surface area contributed by atoms with E-state index >= 15 is 0 Å². The van der Waals surface area contributed by atoms with Crippen LogP contribution < -0.4 is 23.6 Å². The van der Waals surface area contributed by atoms with Gasteiger partial charge in [0.2, 0.25) is 0 Å². The molecular formula is C19H16FN3O7PS2-. The zero-order valence-corrected chi connectivity index (χ0v) is 19.7. The summed E-state index contributed by atoms with van der Waals surface area (Å²) in [5.74, 6) is -0.579. The van der Waals surface area contributed by atoms with Crippen molar-refractivity contribution in [3.63, 3.8) is 0 Å². The molecule has 0 fully saturated rings. The molecule has 0 amide bonds. The number of ether oxygens (including phenoxy) is 2. The Hall–Kier alpha value is -3.01. The maximum Gasteiger partial charge on any atom is 0.252 e.